The Kier molecular flexibility index (Phi) is 8.00. The zero-order chi connectivity index (χ0) is 15.2. The summed E-state index contributed by atoms with van der Waals surface area (Å²) in [4.78, 5) is 6.75. The summed E-state index contributed by atoms with van der Waals surface area (Å²) in [5.41, 5.74) is 2.85. The van der Waals surface area contributed by atoms with Crippen molar-refractivity contribution in [2.75, 3.05) is 31.6 Å². The van der Waals surface area contributed by atoms with Gasteiger partial charge >= 0.3 is 0 Å². The smallest absolute Gasteiger partial charge is 0.191 e. The summed E-state index contributed by atoms with van der Waals surface area (Å²) >= 11 is 0. The third-order valence-corrected chi connectivity index (χ3v) is 3.89. The van der Waals surface area contributed by atoms with E-state index in [1.54, 1.807) is 0 Å². The molecule has 5 heteroatoms. The molecule has 0 aliphatic carbocycles. The second-order valence-electron chi connectivity index (χ2n) is 6.15. The number of benzene rings is 1. The Morgan fingerprint density at radius 1 is 1.32 bits per heavy atom. The summed E-state index contributed by atoms with van der Waals surface area (Å²) in [5, 5.41) is 6.75. The maximum Gasteiger partial charge on any atom is 0.191 e. The molecule has 1 aromatic carbocycles. The van der Waals surface area contributed by atoms with Crippen LogP contribution < -0.4 is 15.5 Å². The van der Waals surface area contributed by atoms with Gasteiger partial charge in [-0.2, -0.15) is 0 Å². The Bertz CT molecular complexity index is 487. The van der Waals surface area contributed by atoms with E-state index >= 15 is 0 Å². The highest BCUT2D eigenvalue weighted by molar-refractivity contribution is 14.0. The number of nitrogens with one attached hydrogen (secondary N) is 2. The maximum atomic E-state index is 4.26. The van der Waals surface area contributed by atoms with Crippen LogP contribution in [0.15, 0.2) is 29.3 Å². The number of rotatable bonds is 5. The van der Waals surface area contributed by atoms with E-state index in [4.69, 9.17) is 0 Å². The van der Waals surface area contributed by atoms with Crippen LogP contribution >= 0.6 is 24.0 Å². The van der Waals surface area contributed by atoms with Gasteiger partial charge in [-0.05, 0) is 30.9 Å². The minimum absolute atomic E-state index is 0. The molecule has 1 atom stereocenters. The molecule has 1 aliphatic rings. The number of aliphatic imine (C=N–C) groups is 1. The van der Waals surface area contributed by atoms with Crippen LogP contribution in [0.1, 0.15) is 26.3 Å². The number of hydrogen-bond acceptors (Lipinski definition) is 2. The van der Waals surface area contributed by atoms with E-state index in [-0.39, 0.29) is 24.0 Å². The van der Waals surface area contributed by atoms with Crippen molar-refractivity contribution in [3.63, 3.8) is 0 Å². The second-order valence-corrected chi connectivity index (χ2v) is 6.15. The first kappa shape index (κ1) is 19.1. The molecule has 124 valence electrons. The lowest BCUT2D eigenvalue weighted by Gasteiger charge is -2.25. The Labute approximate surface area is 151 Å². The summed E-state index contributed by atoms with van der Waals surface area (Å²) in [6.45, 7) is 9.54. The van der Waals surface area contributed by atoms with Crippen LogP contribution in [0, 0.1) is 5.92 Å². The minimum atomic E-state index is 0. The zero-order valence-electron chi connectivity index (χ0n) is 14.1. The van der Waals surface area contributed by atoms with Gasteiger partial charge in [-0.15, -0.1) is 24.0 Å². The van der Waals surface area contributed by atoms with Crippen molar-refractivity contribution in [2.24, 2.45) is 10.9 Å². The third-order valence-electron chi connectivity index (χ3n) is 3.89. The van der Waals surface area contributed by atoms with Crippen LogP contribution in [0.3, 0.4) is 0 Å². The van der Waals surface area contributed by atoms with Crippen LogP contribution in [0.25, 0.3) is 0 Å². The summed E-state index contributed by atoms with van der Waals surface area (Å²) in [5.74, 6) is 1.51. The van der Waals surface area contributed by atoms with E-state index in [9.17, 15) is 0 Å². The molecule has 0 fully saturated rings. The second kappa shape index (κ2) is 9.22. The number of hydrogen-bond donors (Lipinski definition) is 2. The van der Waals surface area contributed by atoms with Crippen molar-refractivity contribution in [3.8, 4) is 0 Å². The fourth-order valence-corrected chi connectivity index (χ4v) is 2.79. The number of guanidine groups is 1. The Balaban J connectivity index is 0.00000242. The number of fused-ring (bicyclic) bond motifs is 1. The standard InChI is InChI=1S/C17H28N4.HI/c1-13(2)12-20-17(18-4)19-9-10-21-14(3)11-15-7-5-6-8-16(15)21;/h5-8,13-14H,9-12H2,1-4H3,(H2,18,19,20);1H. The molecule has 1 heterocycles. The summed E-state index contributed by atoms with van der Waals surface area (Å²) < 4.78 is 0. The van der Waals surface area contributed by atoms with Gasteiger partial charge in [-0.25, -0.2) is 0 Å². The van der Waals surface area contributed by atoms with Gasteiger partial charge in [-0.3, -0.25) is 4.99 Å². The first-order chi connectivity index (χ1) is 10.1. The first-order valence-corrected chi connectivity index (χ1v) is 7.91. The number of nitrogens with zero attached hydrogens (tertiary/aromatic N) is 2. The number of halogens is 1. The van der Waals surface area contributed by atoms with Crippen LogP contribution in [-0.4, -0.2) is 38.7 Å². The Hall–Kier alpha value is -0.980. The lowest BCUT2D eigenvalue weighted by Crippen LogP contribution is -2.43. The molecule has 0 spiro atoms. The average molecular weight is 416 g/mol. The monoisotopic (exact) mass is 416 g/mol. The molecule has 1 aromatic rings. The lowest BCUT2D eigenvalue weighted by atomic mass is 10.1. The molecule has 0 radical (unpaired) electrons. The van der Waals surface area contributed by atoms with Gasteiger partial charge in [0.25, 0.3) is 0 Å². The van der Waals surface area contributed by atoms with Crippen molar-refractivity contribution in [3.05, 3.63) is 29.8 Å². The Morgan fingerprint density at radius 3 is 2.73 bits per heavy atom. The van der Waals surface area contributed by atoms with E-state index < -0.39 is 0 Å². The van der Waals surface area contributed by atoms with Gasteiger partial charge in [0.15, 0.2) is 5.96 Å². The zero-order valence-corrected chi connectivity index (χ0v) is 16.4. The SMILES string of the molecule is CN=C(NCCN1c2ccccc2CC1C)NCC(C)C.I. The third kappa shape index (κ3) is 5.04. The average Bonchev–Trinajstić information content (AvgIpc) is 2.78. The highest BCUT2D eigenvalue weighted by Gasteiger charge is 2.24. The van der Waals surface area contributed by atoms with Crippen LogP contribution in [0.5, 0.6) is 0 Å². The topological polar surface area (TPSA) is 39.7 Å². The highest BCUT2D eigenvalue weighted by atomic mass is 127. The van der Waals surface area contributed by atoms with Crippen molar-refractivity contribution in [2.45, 2.75) is 33.2 Å². The quantitative estimate of drug-likeness (QED) is 0.441. The van der Waals surface area contributed by atoms with Gasteiger partial charge in [0, 0.05) is 38.4 Å². The maximum absolute atomic E-state index is 4.26. The summed E-state index contributed by atoms with van der Waals surface area (Å²) in [6, 6.07) is 9.30. The molecule has 0 amide bonds. The fraction of sp³-hybridized carbons (Fsp3) is 0.588. The van der Waals surface area contributed by atoms with Crippen LogP contribution in [-0.2, 0) is 6.42 Å². The number of anilines is 1. The van der Waals surface area contributed by atoms with E-state index in [1.807, 2.05) is 7.05 Å². The molecule has 22 heavy (non-hydrogen) atoms. The number of para-hydroxylation sites is 1. The van der Waals surface area contributed by atoms with E-state index in [1.165, 1.54) is 11.3 Å². The van der Waals surface area contributed by atoms with Gasteiger partial charge in [0.2, 0.25) is 0 Å². The molecule has 0 saturated heterocycles. The van der Waals surface area contributed by atoms with Crippen molar-refractivity contribution in [1.82, 2.24) is 10.6 Å². The van der Waals surface area contributed by atoms with Crippen molar-refractivity contribution < 1.29 is 0 Å². The molecule has 4 nitrogen and oxygen atoms in total. The fourth-order valence-electron chi connectivity index (χ4n) is 2.79. The largest absolute Gasteiger partial charge is 0.367 e. The molecular formula is C17H29IN4. The summed E-state index contributed by atoms with van der Waals surface area (Å²) in [7, 11) is 1.82. The van der Waals surface area contributed by atoms with Gasteiger partial charge in [-0.1, -0.05) is 32.0 Å². The molecule has 0 bridgehead atoms. The molecule has 0 saturated carbocycles. The molecule has 0 aromatic heterocycles. The summed E-state index contributed by atoms with van der Waals surface area (Å²) in [6.07, 6.45) is 1.15. The molecule has 2 rings (SSSR count). The minimum Gasteiger partial charge on any atom is -0.367 e. The van der Waals surface area contributed by atoms with E-state index in [0.29, 0.717) is 12.0 Å². The molecule has 1 aliphatic heterocycles. The predicted octanol–water partition coefficient (Wildman–Crippen LogP) is 2.88. The van der Waals surface area contributed by atoms with Crippen LogP contribution in [0.4, 0.5) is 5.69 Å². The predicted molar refractivity (Wildman–Crippen MR) is 107 cm³/mol. The van der Waals surface area contributed by atoms with Crippen LogP contribution in [0.2, 0.25) is 0 Å². The molecular weight excluding hydrogens is 387 g/mol. The van der Waals surface area contributed by atoms with Gasteiger partial charge in [0.1, 0.15) is 0 Å². The normalized spacial score (nSPS) is 17.2. The van der Waals surface area contributed by atoms with Crippen molar-refractivity contribution >= 4 is 35.6 Å². The van der Waals surface area contributed by atoms with E-state index in [0.717, 1.165) is 32.0 Å². The lowest BCUT2D eigenvalue weighted by molar-refractivity contribution is 0.610. The van der Waals surface area contributed by atoms with Gasteiger partial charge in [0.05, 0.1) is 0 Å². The highest BCUT2D eigenvalue weighted by Crippen LogP contribution is 2.30. The molecule has 2 N–H and O–H groups in total. The van der Waals surface area contributed by atoms with Gasteiger partial charge < -0.3 is 15.5 Å². The first-order valence-electron chi connectivity index (χ1n) is 7.91. The molecule has 1 unspecified atom stereocenters. The van der Waals surface area contributed by atoms with E-state index in [2.05, 4.69) is 65.6 Å². The van der Waals surface area contributed by atoms with Crippen molar-refractivity contribution in [1.29, 1.82) is 0 Å². The Morgan fingerprint density at radius 2 is 2.05 bits per heavy atom.